The highest BCUT2D eigenvalue weighted by molar-refractivity contribution is 6.30. The van der Waals surface area contributed by atoms with Gasteiger partial charge in [-0.1, -0.05) is 48.0 Å². The van der Waals surface area contributed by atoms with E-state index < -0.39 is 6.04 Å². The summed E-state index contributed by atoms with van der Waals surface area (Å²) in [5.74, 6) is 0.787. The van der Waals surface area contributed by atoms with E-state index in [9.17, 15) is 4.79 Å². The van der Waals surface area contributed by atoms with Crippen molar-refractivity contribution < 1.29 is 4.79 Å². The molecule has 1 amide bonds. The Kier molecular flexibility index (Phi) is 8.91. The number of nitrogens with one attached hydrogen (secondary N) is 1. The molecule has 0 saturated carbocycles. The first kappa shape index (κ1) is 26.7. The summed E-state index contributed by atoms with van der Waals surface area (Å²) in [5.41, 5.74) is 8.81. The first-order chi connectivity index (χ1) is 16.1. The average molecular weight is 535 g/mol. The predicted molar refractivity (Wildman–Crippen MR) is 144 cm³/mol. The number of amides is 1. The Morgan fingerprint density at radius 2 is 1.69 bits per heavy atom. The molecule has 1 saturated heterocycles. The number of fused-ring (bicyclic) bond motifs is 1. The molecule has 1 aliphatic heterocycles. The predicted octanol–water partition coefficient (Wildman–Crippen LogP) is 3.74. The maximum Gasteiger partial charge on any atom is 0.240 e. The van der Waals surface area contributed by atoms with E-state index in [1.807, 2.05) is 41.3 Å². The minimum absolute atomic E-state index is 0. The molecule has 0 spiro atoms. The lowest BCUT2D eigenvalue weighted by Gasteiger charge is -2.36. The number of hydrogen-bond donors (Lipinski definition) is 2. The van der Waals surface area contributed by atoms with Crippen LogP contribution < -0.4 is 10.6 Å². The Balaban J connectivity index is 0.00000171. The summed E-state index contributed by atoms with van der Waals surface area (Å²) in [6.45, 7) is 2.51. The van der Waals surface area contributed by atoms with Gasteiger partial charge in [-0.3, -0.25) is 4.79 Å². The summed E-state index contributed by atoms with van der Waals surface area (Å²) >= 11 is 6.05. The van der Waals surface area contributed by atoms with Crippen molar-refractivity contribution >= 4 is 58.9 Å². The van der Waals surface area contributed by atoms with Crippen molar-refractivity contribution in [1.82, 2.24) is 25.1 Å². The first-order valence-corrected chi connectivity index (χ1v) is 11.3. The molecule has 3 heterocycles. The summed E-state index contributed by atoms with van der Waals surface area (Å²) in [5, 5.41) is 11.9. The molecule has 0 aliphatic carbocycles. The van der Waals surface area contributed by atoms with E-state index in [-0.39, 0.29) is 30.7 Å². The molecule has 0 radical (unpaired) electrons. The molecule has 4 aromatic rings. The number of nitrogens with zero attached hydrogens (tertiary/aromatic N) is 5. The van der Waals surface area contributed by atoms with Crippen LogP contribution in [0.2, 0.25) is 5.02 Å². The van der Waals surface area contributed by atoms with E-state index in [1.54, 1.807) is 12.5 Å². The van der Waals surface area contributed by atoms with E-state index in [0.717, 1.165) is 33.5 Å². The molecule has 2 aromatic heterocycles. The Labute approximate surface area is 220 Å². The van der Waals surface area contributed by atoms with Crippen LogP contribution in [-0.4, -0.2) is 63.2 Å². The molecule has 8 nitrogen and oxygen atoms in total. The third-order valence-electron chi connectivity index (χ3n) is 5.99. The van der Waals surface area contributed by atoms with E-state index in [1.165, 1.54) is 0 Å². The van der Waals surface area contributed by atoms with Gasteiger partial charge in [-0.15, -0.1) is 35.0 Å². The fourth-order valence-corrected chi connectivity index (χ4v) is 4.36. The lowest BCUT2D eigenvalue weighted by atomic mass is 10.0. The summed E-state index contributed by atoms with van der Waals surface area (Å²) in [4.78, 5) is 23.8. The molecule has 184 valence electrons. The van der Waals surface area contributed by atoms with Gasteiger partial charge in [-0.05, 0) is 12.1 Å². The van der Waals surface area contributed by atoms with Gasteiger partial charge in [0, 0.05) is 65.8 Å². The van der Waals surface area contributed by atoms with Crippen LogP contribution in [0.25, 0.3) is 22.0 Å². The fourth-order valence-electron chi connectivity index (χ4n) is 4.24. The zero-order chi connectivity index (χ0) is 22.8. The number of aromatic amines is 1. The maximum absolute atomic E-state index is 12.8. The summed E-state index contributed by atoms with van der Waals surface area (Å²) in [6, 6.07) is 15.2. The molecule has 3 N–H and O–H groups in total. The van der Waals surface area contributed by atoms with Gasteiger partial charge in [-0.25, -0.2) is 4.98 Å². The Bertz CT molecular complexity index is 1260. The highest BCUT2D eigenvalue weighted by atomic mass is 35.5. The van der Waals surface area contributed by atoms with Crippen LogP contribution >= 0.6 is 36.4 Å². The molecule has 11 heteroatoms. The zero-order valence-electron chi connectivity index (χ0n) is 18.8. The van der Waals surface area contributed by atoms with Crippen LogP contribution in [0, 0.1) is 0 Å². The van der Waals surface area contributed by atoms with Crippen LogP contribution in [0.1, 0.15) is 5.69 Å². The molecule has 5 rings (SSSR count). The maximum atomic E-state index is 12.8. The van der Waals surface area contributed by atoms with Gasteiger partial charge < -0.3 is 20.5 Å². The van der Waals surface area contributed by atoms with Gasteiger partial charge in [0.05, 0.1) is 12.4 Å². The summed E-state index contributed by atoms with van der Waals surface area (Å²) in [6.07, 6.45) is 3.73. The molecule has 1 aliphatic rings. The molecular formula is C24H26Cl3N7O. The SMILES string of the molecule is Cl.Cl.NC(Cc1cnc[nH]1)C(=O)N1CCN(c2nnc(-c3ccc(Cl)cc3)c3ccccc23)CC1. The highest BCUT2D eigenvalue weighted by Gasteiger charge is 2.27. The number of H-pyrrole nitrogens is 1. The Morgan fingerprint density at radius 3 is 2.34 bits per heavy atom. The summed E-state index contributed by atoms with van der Waals surface area (Å²) in [7, 11) is 0. The standard InChI is InChI=1S/C24H24ClN7O.2ClH/c25-17-7-5-16(6-8-17)22-19-3-1-2-4-20(19)23(30-29-22)31-9-11-32(12-10-31)24(33)21(26)13-18-14-27-15-28-18;;/h1-8,14-15,21H,9-13,26H2,(H,27,28);2*1H. The smallest absolute Gasteiger partial charge is 0.240 e. The second kappa shape index (κ2) is 11.7. The van der Waals surface area contributed by atoms with Crippen molar-refractivity contribution in [3.63, 3.8) is 0 Å². The van der Waals surface area contributed by atoms with Crippen molar-refractivity contribution in [1.29, 1.82) is 0 Å². The van der Waals surface area contributed by atoms with Crippen LogP contribution in [0.3, 0.4) is 0 Å². The van der Waals surface area contributed by atoms with Gasteiger partial charge in [0.25, 0.3) is 0 Å². The number of halogens is 3. The fraction of sp³-hybridized carbons (Fsp3) is 0.250. The monoisotopic (exact) mass is 533 g/mol. The van der Waals surface area contributed by atoms with Gasteiger partial charge in [-0.2, -0.15) is 0 Å². The third kappa shape index (κ3) is 5.67. The second-order valence-electron chi connectivity index (χ2n) is 8.12. The van der Waals surface area contributed by atoms with Crippen molar-refractivity contribution in [2.24, 2.45) is 5.73 Å². The second-order valence-corrected chi connectivity index (χ2v) is 8.56. The van der Waals surface area contributed by atoms with E-state index >= 15 is 0 Å². The van der Waals surface area contributed by atoms with Crippen molar-refractivity contribution in [3.05, 3.63) is 71.8 Å². The van der Waals surface area contributed by atoms with Gasteiger partial charge in [0.1, 0.15) is 5.69 Å². The van der Waals surface area contributed by atoms with Gasteiger partial charge in [0.2, 0.25) is 5.91 Å². The topological polar surface area (TPSA) is 104 Å². The van der Waals surface area contributed by atoms with Gasteiger partial charge in [0.15, 0.2) is 5.82 Å². The third-order valence-corrected chi connectivity index (χ3v) is 6.24. The normalized spacial score (nSPS) is 14.2. The number of carbonyl (C=O) groups is 1. The number of rotatable bonds is 5. The van der Waals surface area contributed by atoms with Crippen LogP contribution in [0.5, 0.6) is 0 Å². The van der Waals surface area contributed by atoms with E-state index in [0.29, 0.717) is 37.6 Å². The van der Waals surface area contributed by atoms with E-state index in [2.05, 4.69) is 37.2 Å². The largest absolute Gasteiger partial charge is 0.351 e. The van der Waals surface area contributed by atoms with Crippen molar-refractivity contribution in [3.8, 4) is 11.3 Å². The molecule has 1 atom stereocenters. The number of piperazine rings is 1. The minimum atomic E-state index is -0.587. The number of aromatic nitrogens is 4. The number of imidazole rings is 1. The van der Waals surface area contributed by atoms with Crippen molar-refractivity contribution in [2.75, 3.05) is 31.1 Å². The Morgan fingerprint density at radius 1 is 1.00 bits per heavy atom. The lowest BCUT2D eigenvalue weighted by molar-refractivity contribution is -0.132. The molecular weight excluding hydrogens is 509 g/mol. The van der Waals surface area contributed by atoms with Gasteiger partial charge >= 0.3 is 0 Å². The van der Waals surface area contributed by atoms with Crippen LogP contribution in [0.15, 0.2) is 61.1 Å². The molecule has 1 unspecified atom stereocenters. The zero-order valence-corrected chi connectivity index (χ0v) is 21.2. The van der Waals surface area contributed by atoms with Crippen molar-refractivity contribution in [2.45, 2.75) is 12.5 Å². The Hall–Kier alpha value is -2.91. The molecule has 0 bridgehead atoms. The number of carbonyl (C=O) groups excluding carboxylic acids is 1. The number of benzene rings is 2. The number of anilines is 1. The lowest BCUT2D eigenvalue weighted by Crippen LogP contribution is -2.54. The first-order valence-electron chi connectivity index (χ1n) is 10.9. The average Bonchev–Trinajstić information content (AvgIpc) is 3.37. The van der Waals surface area contributed by atoms with Crippen LogP contribution in [0.4, 0.5) is 5.82 Å². The van der Waals surface area contributed by atoms with Crippen LogP contribution in [-0.2, 0) is 11.2 Å². The summed E-state index contributed by atoms with van der Waals surface area (Å²) < 4.78 is 0. The quantitative estimate of drug-likeness (QED) is 0.404. The number of nitrogens with two attached hydrogens (primary N) is 1. The van der Waals surface area contributed by atoms with E-state index in [4.69, 9.17) is 17.3 Å². The molecule has 2 aromatic carbocycles. The minimum Gasteiger partial charge on any atom is -0.351 e. The molecule has 35 heavy (non-hydrogen) atoms. The highest BCUT2D eigenvalue weighted by Crippen LogP contribution is 2.32. The number of hydrogen-bond acceptors (Lipinski definition) is 6. The molecule has 1 fully saturated rings.